The molecule has 0 aliphatic heterocycles. The normalized spacial score (nSPS) is 12.4. The third-order valence-electron chi connectivity index (χ3n) is 3.17. The van der Waals surface area contributed by atoms with E-state index in [4.69, 9.17) is 0 Å². The molecule has 1 atom stereocenters. The summed E-state index contributed by atoms with van der Waals surface area (Å²) in [4.78, 5) is 12.6. The molecule has 0 saturated carbocycles. The summed E-state index contributed by atoms with van der Waals surface area (Å²) in [7, 11) is 0. The molecule has 0 aliphatic carbocycles. The zero-order valence-electron chi connectivity index (χ0n) is 10.8. The SMILES string of the molecule is CC(C)[C@H](C(=O)c1ccccc1)c1ccccc1. The van der Waals surface area contributed by atoms with Gasteiger partial charge < -0.3 is 0 Å². The highest BCUT2D eigenvalue weighted by atomic mass is 16.1. The Kier molecular flexibility index (Phi) is 3.93. The lowest BCUT2D eigenvalue weighted by atomic mass is 9.82. The second kappa shape index (κ2) is 5.63. The fourth-order valence-electron chi connectivity index (χ4n) is 2.28. The summed E-state index contributed by atoms with van der Waals surface area (Å²) in [6, 6.07) is 19.6. The van der Waals surface area contributed by atoms with Gasteiger partial charge in [-0.15, -0.1) is 0 Å². The van der Waals surface area contributed by atoms with Gasteiger partial charge in [-0.1, -0.05) is 74.5 Å². The van der Waals surface area contributed by atoms with Crippen LogP contribution in [0.3, 0.4) is 0 Å². The second-order valence-electron chi connectivity index (χ2n) is 4.86. The molecular formula is C17H18O. The Morgan fingerprint density at radius 3 is 1.83 bits per heavy atom. The molecular weight excluding hydrogens is 220 g/mol. The summed E-state index contributed by atoms with van der Waals surface area (Å²) in [6.07, 6.45) is 0. The number of hydrogen-bond donors (Lipinski definition) is 0. The van der Waals surface area contributed by atoms with Gasteiger partial charge >= 0.3 is 0 Å². The Balaban J connectivity index is 2.35. The van der Waals surface area contributed by atoms with E-state index in [1.54, 1.807) is 0 Å². The highest BCUT2D eigenvalue weighted by Gasteiger charge is 2.24. The van der Waals surface area contributed by atoms with E-state index in [2.05, 4.69) is 13.8 Å². The molecule has 0 bridgehead atoms. The van der Waals surface area contributed by atoms with Gasteiger partial charge in [0.2, 0.25) is 0 Å². The smallest absolute Gasteiger partial charge is 0.170 e. The maximum Gasteiger partial charge on any atom is 0.170 e. The number of rotatable bonds is 4. The van der Waals surface area contributed by atoms with Crippen LogP contribution >= 0.6 is 0 Å². The van der Waals surface area contributed by atoms with Crippen molar-refractivity contribution in [2.24, 2.45) is 5.92 Å². The van der Waals surface area contributed by atoms with E-state index in [0.717, 1.165) is 11.1 Å². The van der Waals surface area contributed by atoms with Crippen molar-refractivity contribution in [1.82, 2.24) is 0 Å². The summed E-state index contributed by atoms with van der Waals surface area (Å²) in [5.74, 6) is 0.436. The lowest BCUT2D eigenvalue weighted by Gasteiger charge is -2.20. The minimum absolute atomic E-state index is 0.0615. The molecule has 92 valence electrons. The first-order valence-electron chi connectivity index (χ1n) is 6.34. The molecule has 18 heavy (non-hydrogen) atoms. The molecule has 0 saturated heterocycles. The van der Waals surface area contributed by atoms with Crippen molar-refractivity contribution >= 4 is 5.78 Å². The van der Waals surface area contributed by atoms with Gasteiger partial charge in [0.05, 0.1) is 0 Å². The minimum Gasteiger partial charge on any atom is -0.293 e. The lowest BCUT2D eigenvalue weighted by Crippen LogP contribution is -2.18. The molecule has 1 nitrogen and oxygen atoms in total. The molecule has 2 aromatic carbocycles. The Morgan fingerprint density at radius 2 is 1.33 bits per heavy atom. The van der Waals surface area contributed by atoms with E-state index in [-0.39, 0.29) is 11.7 Å². The van der Waals surface area contributed by atoms with Crippen LogP contribution in [0.1, 0.15) is 35.7 Å². The molecule has 0 fully saturated rings. The van der Waals surface area contributed by atoms with Crippen molar-refractivity contribution in [3.63, 3.8) is 0 Å². The Labute approximate surface area is 108 Å². The fraction of sp³-hybridized carbons (Fsp3) is 0.235. The van der Waals surface area contributed by atoms with Crippen LogP contribution in [0.4, 0.5) is 0 Å². The van der Waals surface area contributed by atoms with Crippen LogP contribution in [0.15, 0.2) is 60.7 Å². The van der Waals surface area contributed by atoms with Crippen molar-refractivity contribution < 1.29 is 4.79 Å². The number of carbonyl (C=O) groups is 1. The average molecular weight is 238 g/mol. The van der Waals surface area contributed by atoms with E-state index in [0.29, 0.717) is 5.92 Å². The van der Waals surface area contributed by atoms with Crippen molar-refractivity contribution in [2.75, 3.05) is 0 Å². The topological polar surface area (TPSA) is 17.1 Å². The van der Waals surface area contributed by atoms with Crippen LogP contribution in [0.25, 0.3) is 0 Å². The van der Waals surface area contributed by atoms with Crippen molar-refractivity contribution in [3.8, 4) is 0 Å². The first-order chi connectivity index (χ1) is 8.70. The fourth-order valence-corrected chi connectivity index (χ4v) is 2.28. The van der Waals surface area contributed by atoms with Gasteiger partial charge in [0.25, 0.3) is 0 Å². The van der Waals surface area contributed by atoms with Gasteiger partial charge in [-0.2, -0.15) is 0 Å². The second-order valence-corrected chi connectivity index (χ2v) is 4.86. The molecule has 0 heterocycles. The van der Waals surface area contributed by atoms with Crippen LogP contribution in [-0.4, -0.2) is 5.78 Å². The van der Waals surface area contributed by atoms with Crippen LogP contribution in [0.5, 0.6) is 0 Å². The van der Waals surface area contributed by atoms with E-state index in [1.807, 2.05) is 60.7 Å². The van der Waals surface area contributed by atoms with Gasteiger partial charge in [-0.05, 0) is 11.5 Å². The molecule has 0 aliphatic rings. The van der Waals surface area contributed by atoms with Crippen molar-refractivity contribution in [1.29, 1.82) is 0 Å². The van der Waals surface area contributed by atoms with Gasteiger partial charge in [-0.25, -0.2) is 0 Å². The predicted octanol–water partition coefficient (Wildman–Crippen LogP) is 4.31. The van der Waals surface area contributed by atoms with Crippen LogP contribution in [0, 0.1) is 5.92 Å². The Hall–Kier alpha value is -1.89. The summed E-state index contributed by atoms with van der Waals surface area (Å²) in [6.45, 7) is 4.19. The zero-order chi connectivity index (χ0) is 13.0. The molecule has 0 radical (unpaired) electrons. The van der Waals surface area contributed by atoms with Crippen molar-refractivity contribution in [2.45, 2.75) is 19.8 Å². The van der Waals surface area contributed by atoms with Gasteiger partial charge in [-0.3, -0.25) is 4.79 Å². The molecule has 0 spiro atoms. The molecule has 1 heteroatoms. The monoisotopic (exact) mass is 238 g/mol. The van der Waals surface area contributed by atoms with Crippen LogP contribution in [0.2, 0.25) is 0 Å². The quantitative estimate of drug-likeness (QED) is 0.725. The molecule has 0 amide bonds. The predicted molar refractivity (Wildman–Crippen MR) is 74.8 cm³/mol. The van der Waals surface area contributed by atoms with Gasteiger partial charge in [0.15, 0.2) is 5.78 Å². The maximum atomic E-state index is 12.6. The van der Waals surface area contributed by atoms with Crippen LogP contribution < -0.4 is 0 Å². The summed E-state index contributed by atoms with van der Waals surface area (Å²) >= 11 is 0. The molecule has 0 aromatic heterocycles. The number of hydrogen-bond acceptors (Lipinski definition) is 1. The largest absolute Gasteiger partial charge is 0.293 e. The van der Waals surface area contributed by atoms with E-state index >= 15 is 0 Å². The van der Waals surface area contributed by atoms with Gasteiger partial charge in [0, 0.05) is 11.5 Å². The van der Waals surface area contributed by atoms with E-state index in [9.17, 15) is 4.79 Å². The minimum atomic E-state index is -0.0615. The Morgan fingerprint density at radius 1 is 0.833 bits per heavy atom. The maximum absolute atomic E-state index is 12.6. The number of ketones is 1. The van der Waals surface area contributed by atoms with E-state index in [1.165, 1.54) is 0 Å². The zero-order valence-corrected chi connectivity index (χ0v) is 10.8. The molecule has 0 N–H and O–H groups in total. The molecule has 0 unspecified atom stereocenters. The highest BCUT2D eigenvalue weighted by Crippen LogP contribution is 2.28. The number of carbonyl (C=O) groups excluding carboxylic acids is 1. The summed E-state index contributed by atoms with van der Waals surface area (Å²) < 4.78 is 0. The first-order valence-corrected chi connectivity index (χ1v) is 6.34. The highest BCUT2D eigenvalue weighted by molar-refractivity contribution is 6.01. The number of Topliss-reactive ketones (excluding diaryl/α,β-unsaturated/α-hetero) is 1. The standard InChI is InChI=1S/C17H18O/c1-13(2)16(14-9-5-3-6-10-14)17(18)15-11-7-4-8-12-15/h3-13,16H,1-2H3/t16-/m0/s1. The lowest BCUT2D eigenvalue weighted by molar-refractivity contribution is 0.0938. The van der Waals surface area contributed by atoms with Crippen LogP contribution in [-0.2, 0) is 0 Å². The average Bonchev–Trinajstić information content (AvgIpc) is 2.40. The summed E-state index contributed by atoms with van der Waals surface area (Å²) in [5, 5.41) is 0. The van der Waals surface area contributed by atoms with Crippen molar-refractivity contribution in [3.05, 3.63) is 71.8 Å². The summed E-state index contributed by atoms with van der Waals surface area (Å²) in [5.41, 5.74) is 1.89. The molecule has 2 aromatic rings. The Bertz CT molecular complexity index is 500. The van der Waals surface area contributed by atoms with Gasteiger partial charge in [0.1, 0.15) is 0 Å². The molecule has 2 rings (SSSR count). The number of benzene rings is 2. The van der Waals surface area contributed by atoms with E-state index < -0.39 is 0 Å². The third kappa shape index (κ3) is 2.67. The first kappa shape index (κ1) is 12.6. The third-order valence-corrected chi connectivity index (χ3v) is 3.17.